The van der Waals surface area contributed by atoms with Crippen LogP contribution in [-0.2, 0) is 17.8 Å². The number of thiophene rings is 1. The summed E-state index contributed by atoms with van der Waals surface area (Å²) < 4.78 is 0. The average molecular weight is 420 g/mol. The van der Waals surface area contributed by atoms with E-state index < -0.39 is 11.4 Å². The third-order valence-corrected chi connectivity index (χ3v) is 7.42. The van der Waals surface area contributed by atoms with Crippen LogP contribution in [0, 0.1) is 5.41 Å². The van der Waals surface area contributed by atoms with E-state index in [1.54, 1.807) is 4.88 Å². The van der Waals surface area contributed by atoms with Crippen molar-refractivity contribution in [3.8, 4) is 0 Å². The number of carbonyl (C=O) groups is 1. The lowest BCUT2D eigenvalue weighted by Crippen LogP contribution is -2.32. The van der Waals surface area contributed by atoms with E-state index in [0.717, 1.165) is 50.9 Å². The van der Waals surface area contributed by atoms with E-state index in [0.29, 0.717) is 5.02 Å². The van der Waals surface area contributed by atoms with E-state index in [2.05, 4.69) is 16.3 Å². The number of halogens is 1. The highest BCUT2D eigenvalue weighted by molar-refractivity contribution is 7.10. The summed E-state index contributed by atoms with van der Waals surface area (Å²) in [5.74, 6) is -0.848. The molecular formula is C23H30ClNO2S. The van der Waals surface area contributed by atoms with E-state index in [1.807, 2.05) is 49.4 Å². The zero-order valence-corrected chi connectivity index (χ0v) is 18.4. The second-order valence-corrected chi connectivity index (χ2v) is 9.75. The van der Waals surface area contributed by atoms with Gasteiger partial charge in [0.05, 0.1) is 5.41 Å². The number of carboxylic acids is 1. The molecule has 28 heavy (non-hydrogen) atoms. The second kappa shape index (κ2) is 9.43. The lowest BCUT2D eigenvalue weighted by Gasteiger charge is -2.32. The van der Waals surface area contributed by atoms with Gasteiger partial charge in [0.25, 0.3) is 0 Å². The first-order valence-corrected chi connectivity index (χ1v) is 11.4. The largest absolute Gasteiger partial charge is 0.481 e. The van der Waals surface area contributed by atoms with Gasteiger partial charge >= 0.3 is 5.97 Å². The van der Waals surface area contributed by atoms with Gasteiger partial charge in [0.2, 0.25) is 0 Å². The first kappa shape index (κ1) is 21.4. The van der Waals surface area contributed by atoms with Crippen molar-refractivity contribution in [1.82, 2.24) is 4.90 Å². The number of fused-ring (bicyclic) bond motifs is 1. The van der Waals surface area contributed by atoms with Crippen LogP contribution in [0.4, 0.5) is 0 Å². The highest BCUT2D eigenvalue weighted by Crippen LogP contribution is 2.42. The predicted molar refractivity (Wildman–Crippen MR) is 117 cm³/mol. The van der Waals surface area contributed by atoms with Crippen LogP contribution in [0.3, 0.4) is 0 Å². The minimum absolute atomic E-state index is 0.0814. The molecule has 0 saturated heterocycles. The van der Waals surface area contributed by atoms with Crippen LogP contribution in [0.1, 0.15) is 61.5 Å². The Morgan fingerprint density at radius 3 is 2.79 bits per heavy atom. The first-order chi connectivity index (χ1) is 13.4. The Morgan fingerprint density at radius 2 is 2.04 bits per heavy atom. The van der Waals surface area contributed by atoms with E-state index >= 15 is 0 Å². The Kier molecular flexibility index (Phi) is 7.19. The third-order valence-electron chi connectivity index (χ3n) is 6.06. The molecule has 0 bridgehead atoms. The van der Waals surface area contributed by atoms with Crippen LogP contribution >= 0.6 is 22.9 Å². The van der Waals surface area contributed by atoms with Gasteiger partial charge in [-0.1, -0.05) is 42.6 Å². The standard InChI is InChI=1S/C23H30ClNO2S/c1-23(2,22(26)27)19(18-8-5-6-10-20(18)24)9-4-3-7-13-25-14-11-21-17(16-25)12-15-28-21/h5-6,8,10,12,15,19H,3-4,7,9,11,13-14,16H2,1-2H3,(H,26,27). The molecule has 1 N–H and O–H groups in total. The lowest BCUT2D eigenvalue weighted by atomic mass is 9.72. The predicted octanol–water partition coefficient (Wildman–Crippen LogP) is 6.21. The molecule has 0 aliphatic carbocycles. The molecule has 0 saturated carbocycles. The number of unbranched alkanes of at least 4 members (excludes halogenated alkanes) is 2. The van der Waals surface area contributed by atoms with Gasteiger partial charge in [-0.3, -0.25) is 9.69 Å². The van der Waals surface area contributed by atoms with Crippen LogP contribution < -0.4 is 0 Å². The zero-order chi connectivity index (χ0) is 20.1. The summed E-state index contributed by atoms with van der Waals surface area (Å²) in [6.45, 7) is 6.98. The zero-order valence-electron chi connectivity index (χ0n) is 16.8. The van der Waals surface area contributed by atoms with Gasteiger partial charge < -0.3 is 5.11 Å². The minimum atomic E-state index is -0.840. The molecule has 0 spiro atoms. The van der Waals surface area contributed by atoms with Crippen molar-refractivity contribution < 1.29 is 9.90 Å². The fraction of sp³-hybridized carbons (Fsp3) is 0.522. The van der Waals surface area contributed by atoms with E-state index in [9.17, 15) is 9.90 Å². The van der Waals surface area contributed by atoms with Crippen molar-refractivity contribution in [2.75, 3.05) is 13.1 Å². The topological polar surface area (TPSA) is 40.5 Å². The molecule has 2 aromatic rings. The number of benzene rings is 1. The highest BCUT2D eigenvalue weighted by atomic mass is 35.5. The molecule has 2 heterocycles. The molecule has 0 fully saturated rings. The third kappa shape index (κ3) is 4.97. The second-order valence-electron chi connectivity index (χ2n) is 8.35. The average Bonchev–Trinajstić information content (AvgIpc) is 3.13. The fourth-order valence-electron chi connectivity index (χ4n) is 4.17. The number of rotatable bonds is 9. The summed E-state index contributed by atoms with van der Waals surface area (Å²) >= 11 is 8.29. The van der Waals surface area contributed by atoms with Crippen molar-refractivity contribution in [3.63, 3.8) is 0 Å². The van der Waals surface area contributed by atoms with Gasteiger partial charge in [0, 0.05) is 28.9 Å². The van der Waals surface area contributed by atoms with Crippen molar-refractivity contribution >= 4 is 28.9 Å². The normalized spacial score (nSPS) is 16.0. The minimum Gasteiger partial charge on any atom is -0.481 e. The van der Waals surface area contributed by atoms with Crippen LogP contribution in [-0.4, -0.2) is 29.1 Å². The van der Waals surface area contributed by atoms with Gasteiger partial charge in [0.15, 0.2) is 0 Å². The number of aliphatic carboxylic acids is 1. The Labute approximate surface area is 177 Å². The lowest BCUT2D eigenvalue weighted by molar-refractivity contribution is -0.148. The van der Waals surface area contributed by atoms with Crippen LogP contribution in [0.2, 0.25) is 5.02 Å². The molecule has 5 heteroatoms. The molecule has 3 rings (SSSR count). The van der Waals surface area contributed by atoms with Crippen LogP contribution in [0.15, 0.2) is 35.7 Å². The van der Waals surface area contributed by atoms with Gasteiger partial charge in [-0.25, -0.2) is 0 Å². The van der Waals surface area contributed by atoms with E-state index in [1.165, 1.54) is 12.0 Å². The van der Waals surface area contributed by atoms with E-state index in [-0.39, 0.29) is 5.92 Å². The molecule has 0 radical (unpaired) electrons. The maximum absolute atomic E-state index is 11.9. The Bertz CT molecular complexity index is 801. The molecule has 1 aromatic carbocycles. The summed E-state index contributed by atoms with van der Waals surface area (Å²) in [5.41, 5.74) is 1.61. The maximum atomic E-state index is 11.9. The van der Waals surface area contributed by atoms with Gasteiger partial charge in [-0.15, -0.1) is 11.3 Å². The van der Waals surface area contributed by atoms with Gasteiger partial charge in [0.1, 0.15) is 0 Å². The summed E-state index contributed by atoms with van der Waals surface area (Å²) in [5, 5.41) is 12.6. The molecular weight excluding hydrogens is 390 g/mol. The Balaban J connectivity index is 1.52. The molecule has 1 aliphatic heterocycles. The number of nitrogens with zero attached hydrogens (tertiary/aromatic N) is 1. The maximum Gasteiger partial charge on any atom is 0.309 e. The molecule has 1 unspecified atom stereocenters. The summed E-state index contributed by atoms with van der Waals surface area (Å²) in [4.78, 5) is 16.0. The first-order valence-electron chi connectivity index (χ1n) is 10.1. The summed E-state index contributed by atoms with van der Waals surface area (Å²) in [6.07, 6.45) is 5.31. The molecule has 1 aromatic heterocycles. The molecule has 152 valence electrons. The number of hydrogen-bond donors (Lipinski definition) is 1. The van der Waals surface area contributed by atoms with Crippen molar-refractivity contribution in [2.24, 2.45) is 5.41 Å². The fourth-order valence-corrected chi connectivity index (χ4v) is 5.33. The van der Waals surface area contributed by atoms with Gasteiger partial charge in [-0.05, 0) is 68.3 Å². The Morgan fingerprint density at radius 1 is 1.25 bits per heavy atom. The Hall–Kier alpha value is -1.36. The molecule has 1 atom stereocenters. The van der Waals surface area contributed by atoms with Gasteiger partial charge in [-0.2, -0.15) is 0 Å². The van der Waals surface area contributed by atoms with Crippen LogP contribution in [0.25, 0.3) is 0 Å². The van der Waals surface area contributed by atoms with Crippen LogP contribution in [0.5, 0.6) is 0 Å². The van der Waals surface area contributed by atoms with Crippen molar-refractivity contribution in [2.45, 2.75) is 58.4 Å². The molecule has 1 aliphatic rings. The summed E-state index contributed by atoms with van der Waals surface area (Å²) in [6, 6.07) is 9.93. The number of carboxylic acid groups (broad SMARTS) is 1. The van der Waals surface area contributed by atoms with Crippen molar-refractivity contribution in [1.29, 1.82) is 0 Å². The molecule has 3 nitrogen and oxygen atoms in total. The quantitative estimate of drug-likeness (QED) is 0.491. The smallest absolute Gasteiger partial charge is 0.309 e. The highest BCUT2D eigenvalue weighted by Gasteiger charge is 2.38. The SMILES string of the molecule is CC(C)(C(=O)O)C(CCCCCN1CCc2sccc2C1)c1ccccc1Cl. The van der Waals surface area contributed by atoms with E-state index in [4.69, 9.17) is 11.6 Å². The monoisotopic (exact) mass is 419 g/mol. The number of hydrogen-bond acceptors (Lipinski definition) is 3. The summed E-state index contributed by atoms with van der Waals surface area (Å²) in [7, 11) is 0. The van der Waals surface area contributed by atoms with Crippen molar-refractivity contribution in [3.05, 3.63) is 56.7 Å². The molecule has 0 amide bonds.